The van der Waals surface area contributed by atoms with E-state index in [1.54, 1.807) is 0 Å². The van der Waals surface area contributed by atoms with Crippen molar-refractivity contribution in [3.63, 3.8) is 0 Å². The lowest BCUT2D eigenvalue weighted by atomic mass is 10.1. The molecule has 2 fully saturated rings. The van der Waals surface area contributed by atoms with Gasteiger partial charge in [-0.25, -0.2) is 0 Å². The summed E-state index contributed by atoms with van der Waals surface area (Å²) in [6.45, 7) is 4.12. The molecule has 0 aromatic carbocycles. The van der Waals surface area contributed by atoms with Crippen molar-refractivity contribution in [3.05, 3.63) is 0 Å². The molecule has 2 aliphatic heterocycles. The van der Waals surface area contributed by atoms with Gasteiger partial charge in [-0.1, -0.05) is 0 Å². The van der Waals surface area contributed by atoms with E-state index >= 15 is 0 Å². The number of nitrogens with one attached hydrogen (secondary N) is 1. The van der Waals surface area contributed by atoms with E-state index in [4.69, 9.17) is 0 Å². The first-order valence-electron chi connectivity index (χ1n) is 4.32. The molecule has 3 heteroatoms. The molecule has 2 saturated heterocycles. The second-order valence-electron chi connectivity index (χ2n) is 3.49. The van der Waals surface area contributed by atoms with Gasteiger partial charge in [0.2, 0.25) is 5.91 Å². The Bertz CT molecular complexity index is 181. The quantitative estimate of drug-likeness (QED) is 0.531. The van der Waals surface area contributed by atoms with Crippen LogP contribution in [0, 0.1) is 0 Å². The smallest absolute Gasteiger partial charge is 0.237 e. The van der Waals surface area contributed by atoms with Crippen molar-refractivity contribution in [2.75, 3.05) is 13.1 Å². The van der Waals surface area contributed by atoms with Crippen molar-refractivity contribution >= 4 is 5.91 Å². The Kier molecular flexibility index (Phi) is 1.60. The van der Waals surface area contributed by atoms with Crippen LogP contribution in [0.4, 0.5) is 0 Å². The highest BCUT2D eigenvalue weighted by atomic mass is 16.2. The number of nitrogens with zero attached hydrogens (tertiary/aromatic N) is 1. The molecule has 0 aromatic heterocycles. The van der Waals surface area contributed by atoms with E-state index in [1.807, 2.05) is 0 Å². The van der Waals surface area contributed by atoms with Crippen LogP contribution in [0.3, 0.4) is 0 Å². The molecule has 2 heterocycles. The number of amides is 1. The fraction of sp³-hybridized carbons (Fsp3) is 0.875. The van der Waals surface area contributed by atoms with Crippen molar-refractivity contribution < 1.29 is 4.79 Å². The predicted octanol–water partition coefficient (Wildman–Crippen LogP) is -0.0309. The molecule has 1 amide bonds. The molecule has 2 atom stereocenters. The van der Waals surface area contributed by atoms with Crippen LogP contribution in [0.5, 0.6) is 0 Å². The number of hydrogen-bond acceptors (Lipinski definition) is 2. The van der Waals surface area contributed by atoms with E-state index in [-0.39, 0.29) is 11.9 Å². The molecule has 62 valence electrons. The van der Waals surface area contributed by atoms with Gasteiger partial charge in [-0.05, 0) is 26.3 Å². The van der Waals surface area contributed by atoms with Gasteiger partial charge in [0.25, 0.3) is 0 Å². The van der Waals surface area contributed by atoms with Gasteiger partial charge in [-0.3, -0.25) is 9.69 Å². The largest absolute Gasteiger partial charge is 0.353 e. The van der Waals surface area contributed by atoms with E-state index < -0.39 is 0 Å². The molecule has 1 N–H and O–H groups in total. The summed E-state index contributed by atoms with van der Waals surface area (Å²) in [5.41, 5.74) is 0. The number of piperazine rings is 1. The van der Waals surface area contributed by atoms with Gasteiger partial charge in [0, 0.05) is 12.6 Å². The average Bonchev–Trinajstić information content (AvgIpc) is 2.45. The van der Waals surface area contributed by atoms with Crippen LogP contribution in [0.15, 0.2) is 0 Å². The first-order chi connectivity index (χ1) is 5.29. The number of rotatable bonds is 0. The van der Waals surface area contributed by atoms with Gasteiger partial charge >= 0.3 is 0 Å². The normalized spacial score (nSPS) is 38.5. The zero-order valence-electron chi connectivity index (χ0n) is 6.84. The van der Waals surface area contributed by atoms with Crippen LogP contribution >= 0.6 is 0 Å². The topological polar surface area (TPSA) is 32.3 Å². The summed E-state index contributed by atoms with van der Waals surface area (Å²) in [6.07, 6.45) is 2.23. The van der Waals surface area contributed by atoms with Gasteiger partial charge in [0.1, 0.15) is 0 Å². The van der Waals surface area contributed by atoms with Gasteiger partial charge < -0.3 is 5.32 Å². The summed E-state index contributed by atoms with van der Waals surface area (Å²) in [6, 6.07) is 0.735. The molecule has 0 aromatic rings. The lowest BCUT2D eigenvalue weighted by Gasteiger charge is -2.34. The minimum absolute atomic E-state index is 0.193. The Morgan fingerprint density at radius 3 is 3.18 bits per heavy atom. The molecular formula is C8H14N2O. The average molecular weight is 154 g/mol. The summed E-state index contributed by atoms with van der Waals surface area (Å²) in [5.74, 6) is 0.237. The maximum Gasteiger partial charge on any atom is 0.237 e. The molecular weight excluding hydrogens is 140 g/mol. The molecule has 0 bridgehead atoms. The summed E-state index contributed by atoms with van der Waals surface area (Å²) in [5, 5.41) is 2.92. The minimum Gasteiger partial charge on any atom is -0.353 e. The fourth-order valence-electron chi connectivity index (χ4n) is 2.08. The summed E-state index contributed by atoms with van der Waals surface area (Å²) < 4.78 is 0. The van der Waals surface area contributed by atoms with Crippen LogP contribution in [0.1, 0.15) is 19.8 Å². The molecule has 11 heavy (non-hydrogen) atoms. The molecule has 0 aliphatic carbocycles. The molecule has 0 spiro atoms. The van der Waals surface area contributed by atoms with Crippen molar-refractivity contribution in [2.24, 2.45) is 0 Å². The number of fused-ring (bicyclic) bond motifs is 1. The van der Waals surface area contributed by atoms with E-state index in [0.29, 0.717) is 6.04 Å². The second-order valence-corrected chi connectivity index (χ2v) is 3.49. The number of carbonyl (C=O) groups excluding carboxylic acids is 1. The minimum atomic E-state index is 0.193. The summed E-state index contributed by atoms with van der Waals surface area (Å²) >= 11 is 0. The third kappa shape index (κ3) is 1.03. The third-order valence-corrected chi connectivity index (χ3v) is 2.73. The van der Waals surface area contributed by atoms with Crippen molar-refractivity contribution in [1.82, 2.24) is 10.2 Å². The Morgan fingerprint density at radius 2 is 2.45 bits per heavy atom. The van der Waals surface area contributed by atoms with Crippen molar-refractivity contribution in [3.8, 4) is 0 Å². The van der Waals surface area contributed by atoms with Crippen molar-refractivity contribution in [2.45, 2.75) is 31.8 Å². The molecule has 2 aliphatic rings. The summed E-state index contributed by atoms with van der Waals surface area (Å²) in [4.78, 5) is 13.6. The predicted molar refractivity (Wildman–Crippen MR) is 42.2 cm³/mol. The zero-order chi connectivity index (χ0) is 7.84. The maximum atomic E-state index is 11.3. The van der Waals surface area contributed by atoms with E-state index in [2.05, 4.69) is 17.1 Å². The van der Waals surface area contributed by atoms with E-state index in [9.17, 15) is 4.79 Å². The second kappa shape index (κ2) is 2.48. The van der Waals surface area contributed by atoms with E-state index in [0.717, 1.165) is 19.5 Å². The molecule has 0 saturated carbocycles. The highest BCUT2D eigenvalue weighted by molar-refractivity contribution is 5.82. The van der Waals surface area contributed by atoms with Gasteiger partial charge in [0.15, 0.2) is 0 Å². The lowest BCUT2D eigenvalue weighted by molar-refractivity contribution is -0.129. The van der Waals surface area contributed by atoms with Crippen LogP contribution in [0.2, 0.25) is 0 Å². The number of hydrogen-bond donors (Lipinski definition) is 1. The van der Waals surface area contributed by atoms with Crippen LogP contribution in [-0.2, 0) is 4.79 Å². The Balaban J connectivity index is 2.14. The molecule has 0 unspecified atom stereocenters. The monoisotopic (exact) mass is 154 g/mol. The first-order valence-corrected chi connectivity index (χ1v) is 4.32. The van der Waals surface area contributed by atoms with Crippen molar-refractivity contribution in [1.29, 1.82) is 0 Å². The zero-order valence-corrected chi connectivity index (χ0v) is 6.84. The van der Waals surface area contributed by atoms with Gasteiger partial charge in [-0.15, -0.1) is 0 Å². The van der Waals surface area contributed by atoms with Crippen LogP contribution in [0.25, 0.3) is 0 Å². The van der Waals surface area contributed by atoms with Gasteiger partial charge in [0.05, 0.1) is 6.04 Å². The first kappa shape index (κ1) is 7.10. The Morgan fingerprint density at radius 1 is 1.64 bits per heavy atom. The standard InChI is InChI=1S/C8H14N2O/c1-6-5-9-8(11)7-3-2-4-10(6)7/h6-7H,2-5H2,1H3,(H,9,11)/t6-,7-/m0/s1. The molecule has 2 rings (SSSR count). The van der Waals surface area contributed by atoms with Crippen LogP contribution < -0.4 is 5.32 Å². The number of carbonyl (C=O) groups is 1. The Hall–Kier alpha value is -0.570. The SMILES string of the molecule is C[C@H]1CNC(=O)[C@@H]2CCCN12. The third-order valence-electron chi connectivity index (χ3n) is 2.73. The Labute approximate surface area is 66.8 Å². The molecule has 0 radical (unpaired) electrons. The lowest BCUT2D eigenvalue weighted by Crippen LogP contribution is -2.56. The van der Waals surface area contributed by atoms with Gasteiger partial charge in [-0.2, -0.15) is 0 Å². The highest BCUT2D eigenvalue weighted by Crippen LogP contribution is 2.22. The fourth-order valence-corrected chi connectivity index (χ4v) is 2.08. The molecule has 3 nitrogen and oxygen atoms in total. The summed E-state index contributed by atoms with van der Waals surface area (Å²) in [7, 11) is 0. The van der Waals surface area contributed by atoms with Crippen LogP contribution in [-0.4, -0.2) is 36.0 Å². The highest BCUT2D eigenvalue weighted by Gasteiger charge is 2.36. The maximum absolute atomic E-state index is 11.3. The van der Waals surface area contributed by atoms with E-state index in [1.165, 1.54) is 6.42 Å².